The predicted octanol–water partition coefficient (Wildman–Crippen LogP) is 5.32. The van der Waals surface area contributed by atoms with E-state index in [-0.39, 0.29) is 12.1 Å². The Labute approximate surface area is 154 Å². The van der Waals surface area contributed by atoms with Gasteiger partial charge in [-0.15, -0.1) is 0 Å². The van der Waals surface area contributed by atoms with Crippen molar-refractivity contribution in [1.29, 1.82) is 0 Å². The van der Waals surface area contributed by atoms with E-state index < -0.39 is 0 Å². The maximum absolute atomic E-state index is 4.73. The SMILES string of the molecule is c1ccc(NN=C2CC(c3ccccc3)NC(c3ccccc3)C2)cc1. The molecular formula is C23H23N3. The first-order valence-corrected chi connectivity index (χ1v) is 9.11. The van der Waals surface area contributed by atoms with E-state index >= 15 is 0 Å². The van der Waals surface area contributed by atoms with Crippen LogP contribution in [0.1, 0.15) is 36.1 Å². The first-order chi connectivity index (χ1) is 12.9. The monoisotopic (exact) mass is 341 g/mol. The number of anilines is 1. The van der Waals surface area contributed by atoms with Gasteiger partial charge in [0.25, 0.3) is 0 Å². The van der Waals surface area contributed by atoms with Gasteiger partial charge in [-0.3, -0.25) is 5.43 Å². The number of nitrogens with one attached hydrogen (secondary N) is 2. The van der Waals surface area contributed by atoms with Crippen molar-refractivity contribution < 1.29 is 0 Å². The Morgan fingerprint density at radius 3 is 1.62 bits per heavy atom. The Kier molecular flexibility index (Phi) is 5.08. The number of rotatable bonds is 4. The molecule has 3 heteroatoms. The van der Waals surface area contributed by atoms with Gasteiger partial charge in [-0.05, 0) is 23.3 Å². The third-order valence-electron chi connectivity index (χ3n) is 4.80. The Bertz CT molecular complexity index is 795. The zero-order valence-corrected chi connectivity index (χ0v) is 14.7. The van der Waals surface area contributed by atoms with Crippen LogP contribution < -0.4 is 10.7 Å². The zero-order valence-electron chi connectivity index (χ0n) is 14.7. The average Bonchev–Trinajstić information content (AvgIpc) is 2.74. The smallest absolute Gasteiger partial charge is 0.0561 e. The van der Waals surface area contributed by atoms with Crippen LogP contribution in [0.4, 0.5) is 5.69 Å². The third kappa shape index (κ3) is 4.01. The number of hydrogen-bond acceptors (Lipinski definition) is 3. The molecule has 0 aromatic heterocycles. The molecule has 2 atom stereocenters. The highest BCUT2D eigenvalue weighted by Crippen LogP contribution is 2.31. The van der Waals surface area contributed by atoms with Crippen LogP contribution in [0.15, 0.2) is 96.1 Å². The van der Waals surface area contributed by atoms with Gasteiger partial charge in [-0.2, -0.15) is 5.10 Å². The molecule has 4 rings (SSSR count). The Balaban J connectivity index is 1.59. The fourth-order valence-electron chi connectivity index (χ4n) is 3.46. The first-order valence-electron chi connectivity index (χ1n) is 9.11. The van der Waals surface area contributed by atoms with Gasteiger partial charge >= 0.3 is 0 Å². The lowest BCUT2D eigenvalue weighted by atomic mass is 9.89. The highest BCUT2D eigenvalue weighted by atomic mass is 15.3. The summed E-state index contributed by atoms with van der Waals surface area (Å²) in [5.74, 6) is 0. The van der Waals surface area contributed by atoms with Gasteiger partial charge < -0.3 is 5.32 Å². The molecule has 1 saturated heterocycles. The second-order valence-electron chi connectivity index (χ2n) is 6.66. The summed E-state index contributed by atoms with van der Waals surface area (Å²) in [5.41, 5.74) is 8.04. The molecule has 0 radical (unpaired) electrons. The number of hydrogen-bond donors (Lipinski definition) is 2. The molecule has 0 spiro atoms. The van der Waals surface area contributed by atoms with Crippen molar-refractivity contribution in [3.8, 4) is 0 Å². The van der Waals surface area contributed by atoms with Crippen molar-refractivity contribution in [3.63, 3.8) is 0 Å². The Morgan fingerprint density at radius 2 is 1.12 bits per heavy atom. The summed E-state index contributed by atoms with van der Waals surface area (Å²) in [6, 6.07) is 31.9. The van der Waals surface area contributed by atoms with E-state index in [0.717, 1.165) is 18.5 Å². The topological polar surface area (TPSA) is 36.4 Å². The normalized spacial score (nSPS) is 19.8. The largest absolute Gasteiger partial charge is 0.302 e. The van der Waals surface area contributed by atoms with E-state index in [9.17, 15) is 0 Å². The molecule has 2 N–H and O–H groups in total. The minimum absolute atomic E-state index is 0.270. The number of benzene rings is 3. The van der Waals surface area contributed by atoms with E-state index in [4.69, 9.17) is 5.10 Å². The van der Waals surface area contributed by atoms with Crippen molar-refractivity contribution in [2.24, 2.45) is 5.10 Å². The number of para-hydroxylation sites is 1. The van der Waals surface area contributed by atoms with Gasteiger partial charge in [0.15, 0.2) is 0 Å². The molecule has 0 aliphatic carbocycles. The van der Waals surface area contributed by atoms with Gasteiger partial charge in [0.1, 0.15) is 0 Å². The minimum atomic E-state index is 0.270. The summed E-state index contributed by atoms with van der Waals surface area (Å²) in [6.45, 7) is 0. The molecule has 0 bridgehead atoms. The second-order valence-corrected chi connectivity index (χ2v) is 6.66. The molecule has 1 aliphatic rings. The van der Waals surface area contributed by atoms with E-state index in [1.54, 1.807) is 0 Å². The Hall–Kier alpha value is -2.91. The molecule has 1 fully saturated rings. The van der Waals surface area contributed by atoms with E-state index in [2.05, 4.69) is 71.4 Å². The molecule has 0 saturated carbocycles. The lowest BCUT2D eigenvalue weighted by Crippen LogP contribution is -2.35. The first kappa shape index (κ1) is 16.6. The quantitative estimate of drug-likeness (QED) is 0.630. The summed E-state index contributed by atoms with van der Waals surface area (Å²) >= 11 is 0. The molecule has 0 amide bonds. The summed E-state index contributed by atoms with van der Waals surface area (Å²) < 4.78 is 0. The van der Waals surface area contributed by atoms with E-state index in [1.165, 1.54) is 16.8 Å². The van der Waals surface area contributed by atoms with Crippen LogP contribution in [0.5, 0.6) is 0 Å². The number of nitrogens with zero attached hydrogens (tertiary/aromatic N) is 1. The molecule has 130 valence electrons. The van der Waals surface area contributed by atoms with Crippen molar-refractivity contribution in [2.75, 3.05) is 5.43 Å². The maximum atomic E-state index is 4.73. The number of piperidine rings is 1. The molecule has 26 heavy (non-hydrogen) atoms. The van der Waals surface area contributed by atoms with Crippen molar-refractivity contribution in [3.05, 3.63) is 102 Å². The minimum Gasteiger partial charge on any atom is -0.302 e. The second kappa shape index (κ2) is 7.98. The fraction of sp³-hybridized carbons (Fsp3) is 0.174. The lowest BCUT2D eigenvalue weighted by Gasteiger charge is -2.32. The van der Waals surface area contributed by atoms with E-state index in [0.29, 0.717) is 0 Å². The highest BCUT2D eigenvalue weighted by molar-refractivity contribution is 5.87. The third-order valence-corrected chi connectivity index (χ3v) is 4.80. The van der Waals surface area contributed by atoms with Crippen LogP contribution in [0, 0.1) is 0 Å². The molecule has 3 aromatic rings. The molecular weight excluding hydrogens is 318 g/mol. The lowest BCUT2D eigenvalue weighted by molar-refractivity contribution is 0.428. The maximum Gasteiger partial charge on any atom is 0.0561 e. The van der Waals surface area contributed by atoms with Gasteiger partial charge in [0.2, 0.25) is 0 Å². The Morgan fingerprint density at radius 1 is 0.654 bits per heavy atom. The fourth-order valence-corrected chi connectivity index (χ4v) is 3.46. The van der Waals surface area contributed by atoms with Gasteiger partial charge in [0.05, 0.1) is 5.69 Å². The molecule has 3 nitrogen and oxygen atoms in total. The van der Waals surface area contributed by atoms with Crippen molar-refractivity contribution >= 4 is 11.4 Å². The average molecular weight is 341 g/mol. The summed E-state index contributed by atoms with van der Waals surface area (Å²) in [4.78, 5) is 0. The van der Waals surface area contributed by atoms with Crippen LogP contribution in [0.2, 0.25) is 0 Å². The predicted molar refractivity (Wildman–Crippen MR) is 108 cm³/mol. The van der Waals surface area contributed by atoms with Gasteiger partial charge in [0, 0.05) is 30.6 Å². The van der Waals surface area contributed by atoms with Crippen LogP contribution in [-0.4, -0.2) is 5.71 Å². The summed E-state index contributed by atoms with van der Waals surface area (Å²) in [5, 5.41) is 8.54. The van der Waals surface area contributed by atoms with Crippen LogP contribution in [0.25, 0.3) is 0 Å². The van der Waals surface area contributed by atoms with Crippen LogP contribution in [0.3, 0.4) is 0 Å². The molecule has 1 heterocycles. The number of hydrazone groups is 1. The highest BCUT2D eigenvalue weighted by Gasteiger charge is 2.27. The molecule has 3 aromatic carbocycles. The van der Waals surface area contributed by atoms with Gasteiger partial charge in [-0.25, -0.2) is 0 Å². The van der Waals surface area contributed by atoms with Crippen LogP contribution in [-0.2, 0) is 0 Å². The summed E-state index contributed by atoms with van der Waals surface area (Å²) in [7, 11) is 0. The van der Waals surface area contributed by atoms with E-state index in [1.807, 2.05) is 30.3 Å². The van der Waals surface area contributed by atoms with Crippen molar-refractivity contribution in [1.82, 2.24) is 5.32 Å². The summed E-state index contributed by atoms with van der Waals surface area (Å²) in [6.07, 6.45) is 1.82. The zero-order chi connectivity index (χ0) is 17.6. The van der Waals surface area contributed by atoms with Crippen LogP contribution >= 0.6 is 0 Å². The van der Waals surface area contributed by atoms with Crippen molar-refractivity contribution in [2.45, 2.75) is 24.9 Å². The standard InChI is InChI=1S/C23H23N3/c1-4-10-18(11-5-1)22-16-21(26-25-20-14-8-3-9-15-20)17-23(24-22)19-12-6-2-7-13-19/h1-15,22-25H,16-17H2. The molecule has 2 unspecified atom stereocenters. The molecule has 1 aliphatic heterocycles. The van der Waals surface area contributed by atoms with Gasteiger partial charge in [-0.1, -0.05) is 78.9 Å².